The van der Waals surface area contributed by atoms with Gasteiger partial charge < -0.3 is 15.2 Å². The van der Waals surface area contributed by atoms with Gasteiger partial charge in [0, 0.05) is 24.9 Å². The number of carboxylic acid groups (broad SMARTS) is 1. The van der Waals surface area contributed by atoms with Gasteiger partial charge in [0.1, 0.15) is 0 Å². The maximum Gasteiger partial charge on any atom is 0.252 e. The Balaban J connectivity index is 2.11. The molecule has 0 saturated carbocycles. The van der Waals surface area contributed by atoms with Crippen LogP contribution in [0.1, 0.15) is 36.0 Å². The zero-order chi connectivity index (χ0) is 12.5. The van der Waals surface area contributed by atoms with Crippen molar-refractivity contribution < 1.29 is 14.7 Å². The molecular formula is C12H15N2O3-. The topological polar surface area (TPSA) is 82.1 Å². The summed E-state index contributed by atoms with van der Waals surface area (Å²) < 4.78 is 0. The zero-order valence-electron chi connectivity index (χ0n) is 9.52. The minimum atomic E-state index is -1.02. The molecule has 1 heterocycles. The maximum atomic E-state index is 11.5. The first-order valence-electron chi connectivity index (χ1n) is 5.58. The number of aliphatic carboxylic acids is 1. The molecule has 0 spiro atoms. The summed E-state index contributed by atoms with van der Waals surface area (Å²) in [4.78, 5) is 25.5. The molecule has 0 fully saturated rings. The molecule has 5 heteroatoms. The third-order valence-electron chi connectivity index (χ3n) is 2.27. The lowest BCUT2D eigenvalue weighted by molar-refractivity contribution is -0.305. The summed E-state index contributed by atoms with van der Waals surface area (Å²) in [5, 5.41) is 12.9. The first kappa shape index (κ1) is 13.2. The summed E-state index contributed by atoms with van der Waals surface area (Å²) in [5.74, 6) is -1.18. The number of aromatic nitrogens is 1. The number of nitrogens with one attached hydrogen (secondary N) is 1. The second-order valence-corrected chi connectivity index (χ2v) is 3.68. The van der Waals surface area contributed by atoms with Crippen molar-refractivity contribution in [1.29, 1.82) is 0 Å². The summed E-state index contributed by atoms with van der Waals surface area (Å²) in [5.41, 5.74) is 0.530. The Labute approximate surface area is 99.9 Å². The number of amides is 1. The van der Waals surface area contributed by atoms with Gasteiger partial charge in [-0.2, -0.15) is 0 Å². The molecule has 0 aliphatic carbocycles. The molecule has 0 aliphatic heterocycles. The van der Waals surface area contributed by atoms with Gasteiger partial charge >= 0.3 is 0 Å². The summed E-state index contributed by atoms with van der Waals surface area (Å²) in [6, 6.07) is 3.40. The fourth-order valence-electron chi connectivity index (χ4n) is 1.37. The maximum absolute atomic E-state index is 11.5. The quantitative estimate of drug-likeness (QED) is 0.680. The largest absolute Gasteiger partial charge is 0.550 e. The smallest absolute Gasteiger partial charge is 0.252 e. The van der Waals surface area contributed by atoms with E-state index in [4.69, 9.17) is 0 Å². The molecule has 0 bridgehead atoms. The van der Waals surface area contributed by atoms with E-state index in [9.17, 15) is 14.7 Å². The number of unbranched alkanes of at least 4 members (excludes halogenated alkanes) is 2. The van der Waals surface area contributed by atoms with Crippen molar-refractivity contribution >= 4 is 11.9 Å². The molecule has 0 aromatic carbocycles. The van der Waals surface area contributed by atoms with Gasteiger partial charge in [0.25, 0.3) is 5.91 Å². The van der Waals surface area contributed by atoms with Crippen LogP contribution in [0.5, 0.6) is 0 Å². The highest BCUT2D eigenvalue weighted by molar-refractivity contribution is 5.93. The fourth-order valence-corrected chi connectivity index (χ4v) is 1.37. The normalized spacial score (nSPS) is 9.88. The second-order valence-electron chi connectivity index (χ2n) is 3.68. The Morgan fingerprint density at radius 2 is 2.12 bits per heavy atom. The van der Waals surface area contributed by atoms with E-state index in [-0.39, 0.29) is 12.3 Å². The first-order valence-corrected chi connectivity index (χ1v) is 5.58. The van der Waals surface area contributed by atoms with Crippen LogP contribution in [0.25, 0.3) is 0 Å². The van der Waals surface area contributed by atoms with Crippen molar-refractivity contribution in [1.82, 2.24) is 10.3 Å². The van der Waals surface area contributed by atoms with Crippen molar-refractivity contribution in [2.75, 3.05) is 6.54 Å². The van der Waals surface area contributed by atoms with Crippen LogP contribution in [0.3, 0.4) is 0 Å². The lowest BCUT2D eigenvalue weighted by Crippen LogP contribution is -2.24. The average molecular weight is 235 g/mol. The molecule has 0 radical (unpaired) electrons. The number of hydrogen-bond acceptors (Lipinski definition) is 4. The van der Waals surface area contributed by atoms with Gasteiger partial charge in [-0.05, 0) is 31.4 Å². The van der Waals surface area contributed by atoms with Gasteiger partial charge in [0.2, 0.25) is 0 Å². The molecule has 1 rings (SSSR count). The predicted molar refractivity (Wildman–Crippen MR) is 60.0 cm³/mol. The molecule has 1 aromatic heterocycles. The molecule has 0 unspecified atom stereocenters. The third-order valence-corrected chi connectivity index (χ3v) is 2.27. The molecule has 17 heavy (non-hydrogen) atoms. The highest BCUT2D eigenvalue weighted by Gasteiger charge is 2.03. The van der Waals surface area contributed by atoms with Crippen molar-refractivity contribution in [3.63, 3.8) is 0 Å². The number of pyridine rings is 1. The van der Waals surface area contributed by atoms with Crippen LogP contribution in [0.4, 0.5) is 0 Å². The SMILES string of the molecule is O=C([O-])CCCCCNC(=O)c1cccnc1. The minimum Gasteiger partial charge on any atom is -0.550 e. The van der Waals surface area contributed by atoms with E-state index >= 15 is 0 Å². The zero-order valence-corrected chi connectivity index (χ0v) is 9.52. The van der Waals surface area contributed by atoms with Crippen molar-refractivity contribution in [3.8, 4) is 0 Å². The van der Waals surface area contributed by atoms with Gasteiger partial charge in [0.05, 0.1) is 5.56 Å². The molecule has 5 nitrogen and oxygen atoms in total. The highest BCUT2D eigenvalue weighted by Crippen LogP contribution is 1.99. The lowest BCUT2D eigenvalue weighted by Gasteiger charge is -2.05. The summed E-state index contributed by atoms with van der Waals surface area (Å²) in [6.45, 7) is 0.542. The van der Waals surface area contributed by atoms with E-state index in [0.717, 1.165) is 12.8 Å². The van der Waals surface area contributed by atoms with Gasteiger partial charge in [-0.3, -0.25) is 9.78 Å². The molecule has 1 N–H and O–H groups in total. The number of carboxylic acids is 1. The number of nitrogens with zero attached hydrogens (tertiary/aromatic N) is 1. The van der Waals surface area contributed by atoms with E-state index in [1.807, 2.05) is 0 Å². The van der Waals surface area contributed by atoms with Crippen LogP contribution >= 0.6 is 0 Å². The second kappa shape index (κ2) is 7.38. The molecule has 92 valence electrons. The molecule has 0 atom stereocenters. The Bertz CT molecular complexity index is 365. The summed E-state index contributed by atoms with van der Waals surface area (Å²) in [6.07, 6.45) is 5.31. The standard InChI is InChI=1S/C12H16N2O3/c15-11(16)6-2-1-3-8-14-12(17)10-5-4-7-13-9-10/h4-5,7,9H,1-3,6,8H2,(H,14,17)(H,15,16)/p-1. The molecule has 0 aliphatic rings. The van der Waals surface area contributed by atoms with Crippen LogP contribution in [0, 0.1) is 0 Å². The third kappa shape index (κ3) is 5.65. The predicted octanol–water partition coefficient (Wildman–Crippen LogP) is 0.122. The van der Waals surface area contributed by atoms with E-state index in [0.29, 0.717) is 18.5 Å². The van der Waals surface area contributed by atoms with Crippen LogP contribution in [0.15, 0.2) is 24.5 Å². The number of hydrogen-bond donors (Lipinski definition) is 1. The first-order chi connectivity index (χ1) is 8.20. The van der Waals surface area contributed by atoms with Gasteiger partial charge in [-0.25, -0.2) is 0 Å². The summed E-state index contributed by atoms with van der Waals surface area (Å²) >= 11 is 0. The van der Waals surface area contributed by atoms with Crippen molar-refractivity contribution in [2.45, 2.75) is 25.7 Å². The average Bonchev–Trinajstić information content (AvgIpc) is 2.34. The van der Waals surface area contributed by atoms with Crippen LogP contribution in [0.2, 0.25) is 0 Å². The molecule has 1 aromatic rings. The monoisotopic (exact) mass is 235 g/mol. The van der Waals surface area contributed by atoms with E-state index in [1.54, 1.807) is 18.3 Å². The molecular weight excluding hydrogens is 220 g/mol. The Morgan fingerprint density at radius 3 is 2.76 bits per heavy atom. The van der Waals surface area contributed by atoms with Crippen LogP contribution in [-0.2, 0) is 4.79 Å². The highest BCUT2D eigenvalue weighted by atomic mass is 16.4. The number of rotatable bonds is 7. The molecule has 0 saturated heterocycles. The number of carbonyl (C=O) groups is 2. The van der Waals surface area contributed by atoms with Gasteiger partial charge in [0.15, 0.2) is 0 Å². The minimum absolute atomic E-state index is 0.0799. The Hall–Kier alpha value is -1.91. The number of carbonyl (C=O) groups excluding carboxylic acids is 2. The fraction of sp³-hybridized carbons (Fsp3) is 0.417. The lowest BCUT2D eigenvalue weighted by atomic mass is 10.2. The molecule has 1 amide bonds. The van der Waals surface area contributed by atoms with Gasteiger partial charge in [-0.15, -0.1) is 0 Å². The van der Waals surface area contributed by atoms with E-state index < -0.39 is 5.97 Å². The van der Waals surface area contributed by atoms with Crippen LogP contribution < -0.4 is 10.4 Å². The summed E-state index contributed by atoms with van der Waals surface area (Å²) in [7, 11) is 0. The van der Waals surface area contributed by atoms with Gasteiger partial charge in [-0.1, -0.05) is 6.42 Å². The Morgan fingerprint density at radius 1 is 1.29 bits per heavy atom. The van der Waals surface area contributed by atoms with E-state index in [1.165, 1.54) is 6.20 Å². The van der Waals surface area contributed by atoms with Crippen molar-refractivity contribution in [2.24, 2.45) is 0 Å². The van der Waals surface area contributed by atoms with Crippen molar-refractivity contribution in [3.05, 3.63) is 30.1 Å². The van der Waals surface area contributed by atoms with E-state index in [2.05, 4.69) is 10.3 Å². The van der Waals surface area contributed by atoms with Crippen LogP contribution in [-0.4, -0.2) is 23.4 Å². The Kier molecular flexibility index (Phi) is 5.71.